The van der Waals surface area contributed by atoms with Crippen molar-refractivity contribution in [3.8, 4) is 0 Å². The molecule has 0 aliphatic carbocycles. The lowest BCUT2D eigenvalue weighted by molar-refractivity contribution is 0.0956. The summed E-state index contributed by atoms with van der Waals surface area (Å²) in [5.74, 6) is -0.0858. The van der Waals surface area contributed by atoms with Gasteiger partial charge in [0.05, 0.1) is 11.4 Å². The Balaban J connectivity index is 2.76. The number of benzene rings is 1. The molecule has 0 saturated heterocycles. The molecule has 4 N–H and O–H groups in total. The number of nitrogens with two attached hydrogens (primary N) is 1. The SMILES string of the molecule is CCC[C@@H](C)Nc1ccc(C(=O)NCC)cc1N. The molecule has 1 aromatic rings. The van der Waals surface area contributed by atoms with E-state index in [0.717, 1.165) is 18.5 Å². The number of nitrogen functional groups attached to an aromatic ring is 1. The monoisotopic (exact) mass is 249 g/mol. The quantitative estimate of drug-likeness (QED) is 0.679. The van der Waals surface area contributed by atoms with E-state index in [2.05, 4.69) is 24.5 Å². The normalized spacial score (nSPS) is 11.9. The summed E-state index contributed by atoms with van der Waals surface area (Å²) in [5.41, 5.74) is 8.06. The molecule has 0 heterocycles. The molecule has 100 valence electrons. The van der Waals surface area contributed by atoms with Crippen molar-refractivity contribution in [1.29, 1.82) is 0 Å². The molecule has 0 aliphatic rings. The van der Waals surface area contributed by atoms with Crippen molar-refractivity contribution in [3.63, 3.8) is 0 Å². The van der Waals surface area contributed by atoms with E-state index in [1.54, 1.807) is 12.1 Å². The number of amides is 1. The Bertz CT molecular complexity index is 404. The minimum Gasteiger partial charge on any atom is -0.397 e. The number of rotatable bonds is 6. The predicted molar refractivity (Wildman–Crippen MR) is 76.9 cm³/mol. The Kier molecular flexibility index (Phi) is 5.49. The molecule has 0 unspecified atom stereocenters. The zero-order valence-electron chi connectivity index (χ0n) is 11.4. The van der Waals surface area contributed by atoms with Crippen LogP contribution in [0.4, 0.5) is 11.4 Å². The molecule has 0 aliphatic heterocycles. The molecule has 1 atom stereocenters. The fourth-order valence-corrected chi connectivity index (χ4v) is 1.87. The molecule has 4 nitrogen and oxygen atoms in total. The summed E-state index contributed by atoms with van der Waals surface area (Å²) in [7, 11) is 0. The molecule has 0 aromatic heterocycles. The fraction of sp³-hybridized carbons (Fsp3) is 0.500. The highest BCUT2D eigenvalue weighted by Gasteiger charge is 2.08. The number of hydrogen-bond acceptors (Lipinski definition) is 3. The first-order valence-electron chi connectivity index (χ1n) is 6.52. The molecule has 1 rings (SSSR count). The van der Waals surface area contributed by atoms with Crippen molar-refractivity contribution in [2.45, 2.75) is 39.7 Å². The number of anilines is 2. The van der Waals surface area contributed by atoms with E-state index < -0.39 is 0 Å². The third-order valence-electron chi connectivity index (χ3n) is 2.77. The highest BCUT2D eigenvalue weighted by atomic mass is 16.1. The van der Waals surface area contributed by atoms with E-state index in [1.807, 2.05) is 13.0 Å². The molecular weight excluding hydrogens is 226 g/mol. The topological polar surface area (TPSA) is 67.2 Å². The number of nitrogens with one attached hydrogen (secondary N) is 2. The van der Waals surface area contributed by atoms with Crippen LogP contribution in [-0.2, 0) is 0 Å². The molecular formula is C14H23N3O. The van der Waals surface area contributed by atoms with E-state index in [-0.39, 0.29) is 5.91 Å². The predicted octanol–water partition coefficient (Wildman–Crippen LogP) is 2.62. The first-order chi connectivity index (χ1) is 8.58. The summed E-state index contributed by atoms with van der Waals surface area (Å²) in [4.78, 5) is 11.6. The molecule has 0 saturated carbocycles. The molecule has 1 aromatic carbocycles. The average Bonchev–Trinajstić information content (AvgIpc) is 2.32. The van der Waals surface area contributed by atoms with Gasteiger partial charge in [0.15, 0.2) is 0 Å². The summed E-state index contributed by atoms with van der Waals surface area (Å²) < 4.78 is 0. The standard InChI is InChI=1S/C14H23N3O/c1-4-6-10(3)17-13-8-7-11(9-12(13)15)14(18)16-5-2/h7-10,17H,4-6,15H2,1-3H3,(H,16,18)/t10-/m1/s1. The number of hydrogen-bond donors (Lipinski definition) is 3. The van der Waals surface area contributed by atoms with Gasteiger partial charge in [-0.15, -0.1) is 0 Å². The minimum atomic E-state index is -0.0858. The lowest BCUT2D eigenvalue weighted by Gasteiger charge is -2.16. The Morgan fingerprint density at radius 2 is 2.11 bits per heavy atom. The van der Waals surface area contributed by atoms with E-state index in [0.29, 0.717) is 23.8 Å². The lowest BCUT2D eigenvalue weighted by Crippen LogP contribution is -2.23. The number of carbonyl (C=O) groups excluding carboxylic acids is 1. The van der Waals surface area contributed by atoms with Crippen molar-refractivity contribution < 1.29 is 4.79 Å². The summed E-state index contributed by atoms with van der Waals surface area (Å²) >= 11 is 0. The van der Waals surface area contributed by atoms with Crippen molar-refractivity contribution in [2.24, 2.45) is 0 Å². The van der Waals surface area contributed by atoms with Gasteiger partial charge in [0.1, 0.15) is 0 Å². The van der Waals surface area contributed by atoms with Crippen LogP contribution in [0, 0.1) is 0 Å². The van der Waals surface area contributed by atoms with Gasteiger partial charge in [0.2, 0.25) is 0 Å². The van der Waals surface area contributed by atoms with Crippen LogP contribution in [-0.4, -0.2) is 18.5 Å². The van der Waals surface area contributed by atoms with E-state index in [4.69, 9.17) is 5.73 Å². The Morgan fingerprint density at radius 1 is 1.39 bits per heavy atom. The van der Waals surface area contributed by atoms with Gasteiger partial charge in [0.25, 0.3) is 5.91 Å². The summed E-state index contributed by atoms with van der Waals surface area (Å²) in [6, 6.07) is 5.76. The Labute approximate surface area is 109 Å². The first kappa shape index (κ1) is 14.4. The van der Waals surface area contributed by atoms with E-state index in [9.17, 15) is 4.79 Å². The van der Waals surface area contributed by atoms with Gasteiger partial charge in [-0.3, -0.25) is 4.79 Å². The smallest absolute Gasteiger partial charge is 0.251 e. The van der Waals surface area contributed by atoms with Crippen LogP contribution in [0.5, 0.6) is 0 Å². The largest absolute Gasteiger partial charge is 0.397 e. The van der Waals surface area contributed by atoms with Crippen molar-refractivity contribution in [3.05, 3.63) is 23.8 Å². The van der Waals surface area contributed by atoms with E-state index >= 15 is 0 Å². The molecule has 0 spiro atoms. The van der Waals surface area contributed by atoms with Crippen LogP contribution in [0.3, 0.4) is 0 Å². The van der Waals surface area contributed by atoms with Gasteiger partial charge in [-0.2, -0.15) is 0 Å². The van der Waals surface area contributed by atoms with Gasteiger partial charge in [-0.05, 0) is 38.5 Å². The van der Waals surface area contributed by atoms with Gasteiger partial charge in [-0.1, -0.05) is 13.3 Å². The number of carbonyl (C=O) groups is 1. The minimum absolute atomic E-state index is 0.0858. The average molecular weight is 249 g/mol. The Hall–Kier alpha value is -1.71. The third kappa shape index (κ3) is 3.95. The molecule has 0 fully saturated rings. The zero-order valence-corrected chi connectivity index (χ0v) is 11.4. The van der Waals surface area contributed by atoms with Crippen LogP contribution in [0.1, 0.15) is 44.0 Å². The second-order valence-corrected chi connectivity index (χ2v) is 4.50. The van der Waals surface area contributed by atoms with Gasteiger partial charge >= 0.3 is 0 Å². The third-order valence-corrected chi connectivity index (χ3v) is 2.77. The maximum atomic E-state index is 11.6. The molecule has 1 amide bonds. The molecule has 0 bridgehead atoms. The zero-order chi connectivity index (χ0) is 13.5. The van der Waals surface area contributed by atoms with Crippen LogP contribution >= 0.6 is 0 Å². The summed E-state index contributed by atoms with van der Waals surface area (Å²) in [6.07, 6.45) is 2.22. The van der Waals surface area contributed by atoms with Crippen LogP contribution < -0.4 is 16.4 Å². The lowest BCUT2D eigenvalue weighted by atomic mass is 10.1. The van der Waals surface area contributed by atoms with Gasteiger partial charge in [-0.25, -0.2) is 0 Å². The summed E-state index contributed by atoms with van der Waals surface area (Å²) in [5, 5.41) is 6.11. The molecule has 4 heteroatoms. The maximum absolute atomic E-state index is 11.6. The molecule has 18 heavy (non-hydrogen) atoms. The Morgan fingerprint density at radius 3 is 2.67 bits per heavy atom. The summed E-state index contributed by atoms with van der Waals surface area (Å²) in [6.45, 7) is 6.79. The molecule has 0 radical (unpaired) electrons. The maximum Gasteiger partial charge on any atom is 0.251 e. The van der Waals surface area contributed by atoms with Crippen LogP contribution in [0.15, 0.2) is 18.2 Å². The van der Waals surface area contributed by atoms with Crippen LogP contribution in [0.2, 0.25) is 0 Å². The van der Waals surface area contributed by atoms with Crippen LogP contribution in [0.25, 0.3) is 0 Å². The van der Waals surface area contributed by atoms with Gasteiger partial charge in [0, 0.05) is 18.2 Å². The van der Waals surface area contributed by atoms with E-state index in [1.165, 1.54) is 0 Å². The van der Waals surface area contributed by atoms with Crippen molar-refractivity contribution >= 4 is 17.3 Å². The fourth-order valence-electron chi connectivity index (χ4n) is 1.87. The van der Waals surface area contributed by atoms with Crippen molar-refractivity contribution in [2.75, 3.05) is 17.6 Å². The highest BCUT2D eigenvalue weighted by Crippen LogP contribution is 2.21. The van der Waals surface area contributed by atoms with Crippen molar-refractivity contribution in [1.82, 2.24) is 5.32 Å². The second kappa shape index (κ2) is 6.89. The van der Waals surface area contributed by atoms with Gasteiger partial charge < -0.3 is 16.4 Å². The first-order valence-corrected chi connectivity index (χ1v) is 6.52. The highest BCUT2D eigenvalue weighted by molar-refractivity contribution is 5.96. The second-order valence-electron chi connectivity index (χ2n) is 4.50.